The summed E-state index contributed by atoms with van der Waals surface area (Å²) in [4.78, 5) is 24.4. The molecule has 0 aromatic heterocycles. The lowest BCUT2D eigenvalue weighted by Gasteiger charge is -2.44. The number of hydrogen-bond donors (Lipinski definition) is 0. The van der Waals surface area contributed by atoms with Crippen LogP contribution in [0, 0.1) is 5.82 Å². The molecule has 8 heteroatoms. The summed E-state index contributed by atoms with van der Waals surface area (Å²) in [7, 11) is 1.56. The Morgan fingerprint density at radius 3 is 2.79 bits per heavy atom. The maximum absolute atomic E-state index is 14.4. The lowest BCUT2D eigenvalue weighted by atomic mass is 10.1. The Morgan fingerprint density at radius 2 is 2.11 bits per heavy atom. The summed E-state index contributed by atoms with van der Waals surface area (Å²) >= 11 is 6.24. The van der Waals surface area contributed by atoms with Gasteiger partial charge < -0.3 is 4.90 Å². The van der Waals surface area contributed by atoms with Gasteiger partial charge in [-0.2, -0.15) is 0 Å². The molecule has 1 aromatic rings. The van der Waals surface area contributed by atoms with Crippen molar-refractivity contribution in [3.05, 3.63) is 69.7 Å². The maximum atomic E-state index is 14.4. The second-order valence-electron chi connectivity index (χ2n) is 6.99. The summed E-state index contributed by atoms with van der Waals surface area (Å²) in [6.45, 7) is 6.14. The van der Waals surface area contributed by atoms with Crippen LogP contribution in [0.4, 0.5) is 4.39 Å². The molecule has 0 saturated carbocycles. The lowest BCUT2D eigenvalue weighted by Crippen LogP contribution is -2.49. The SMILES string of the molecule is CCN1CC(C)=CC2=C1N1CN(OC)C=C1C(=O)N2Cc1c(F)cccc1Cl. The first-order valence-corrected chi connectivity index (χ1v) is 9.53. The van der Waals surface area contributed by atoms with Crippen LogP contribution in [0.5, 0.6) is 0 Å². The number of rotatable bonds is 4. The van der Waals surface area contributed by atoms with Gasteiger partial charge in [0.25, 0.3) is 5.91 Å². The third kappa shape index (κ3) is 2.95. The van der Waals surface area contributed by atoms with E-state index in [-0.39, 0.29) is 12.5 Å². The minimum absolute atomic E-state index is 0.0582. The average Bonchev–Trinajstić information content (AvgIpc) is 3.11. The first-order valence-electron chi connectivity index (χ1n) is 9.15. The number of fused-ring (bicyclic) bond motifs is 2. The molecule has 148 valence electrons. The molecule has 0 fully saturated rings. The molecule has 1 aromatic carbocycles. The summed E-state index contributed by atoms with van der Waals surface area (Å²) in [5.41, 5.74) is 2.69. The molecule has 0 atom stereocenters. The zero-order chi connectivity index (χ0) is 20.0. The molecule has 0 spiro atoms. The minimum Gasteiger partial charge on any atom is -0.352 e. The number of benzene rings is 1. The zero-order valence-corrected chi connectivity index (χ0v) is 16.8. The zero-order valence-electron chi connectivity index (χ0n) is 16.1. The Balaban J connectivity index is 1.85. The molecule has 6 nitrogen and oxygen atoms in total. The van der Waals surface area contributed by atoms with Crippen molar-refractivity contribution >= 4 is 17.5 Å². The number of hydrogen-bond acceptors (Lipinski definition) is 5. The van der Waals surface area contributed by atoms with Gasteiger partial charge in [-0.1, -0.05) is 23.2 Å². The van der Waals surface area contributed by atoms with Gasteiger partial charge in [-0.25, -0.2) is 9.45 Å². The molecule has 0 unspecified atom stereocenters. The largest absolute Gasteiger partial charge is 0.352 e. The van der Waals surface area contributed by atoms with E-state index in [0.717, 1.165) is 30.2 Å². The molecule has 0 bridgehead atoms. The number of carbonyl (C=O) groups excluding carboxylic acids is 1. The Labute approximate surface area is 168 Å². The van der Waals surface area contributed by atoms with Crippen molar-refractivity contribution in [2.75, 3.05) is 26.9 Å². The third-order valence-corrected chi connectivity index (χ3v) is 5.55. The second kappa shape index (κ2) is 7.14. The fourth-order valence-corrected chi connectivity index (χ4v) is 4.04. The lowest BCUT2D eigenvalue weighted by molar-refractivity contribution is -0.129. The molecule has 1 amide bonds. The molecule has 3 aliphatic heterocycles. The van der Waals surface area contributed by atoms with Gasteiger partial charge in [0, 0.05) is 23.7 Å². The van der Waals surface area contributed by atoms with Gasteiger partial charge in [-0.3, -0.25) is 19.4 Å². The highest BCUT2D eigenvalue weighted by molar-refractivity contribution is 6.31. The quantitative estimate of drug-likeness (QED) is 0.770. The summed E-state index contributed by atoms with van der Waals surface area (Å²) in [6.07, 6.45) is 3.68. The standard InChI is InChI=1S/C20H22ClFN4O2/c1-4-23-9-13(2)8-17-19(23)26-12-24(28-3)11-18(26)20(27)25(17)10-14-15(21)6-5-7-16(14)22/h5-8,11H,4,9-10,12H2,1-3H3. The molecule has 3 aliphatic rings. The predicted molar refractivity (Wildman–Crippen MR) is 104 cm³/mol. The topological polar surface area (TPSA) is 39.3 Å². The molecular weight excluding hydrogens is 383 g/mol. The summed E-state index contributed by atoms with van der Waals surface area (Å²) in [5, 5.41) is 1.91. The monoisotopic (exact) mass is 404 g/mol. The van der Waals surface area contributed by atoms with E-state index >= 15 is 0 Å². The van der Waals surface area contributed by atoms with Crippen molar-refractivity contribution in [2.24, 2.45) is 0 Å². The van der Waals surface area contributed by atoms with Crippen LogP contribution >= 0.6 is 11.6 Å². The van der Waals surface area contributed by atoms with Gasteiger partial charge >= 0.3 is 0 Å². The van der Waals surface area contributed by atoms with Crippen molar-refractivity contribution in [3.8, 4) is 0 Å². The Kier molecular flexibility index (Phi) is 4.81. The second-order valence-corrected chi connectivity index (χ2v) is 7.40. The maximum Gasteiger partial charge on any atom is 0.277 e. The first kappa shape index (κ1) is 18.8. The number of hydroxylamine groups is 2. The van der Waals surface area contributed by atoms with E-state index in [4.69, 9.17) is 16.4 Å². The van der Waals surface area contributed by atoms with Crippen molar-refractivity contribution < 1.29 is 14.0 Å². The van der Waals surface area contributed by atoms with Crippen molar-refractivity contribution in [1.29, 1.82) is 0 Å². The fourth-order valence-electron chi connectivity index (χ4n) is 3.82. The van der Waals surface area contributed by atoms with Gasteiger partial charge in [0.1, 0.15) is 24.0 Å². The summed E-state index contributed by atoms with van der Waals surface area (Å²) in [6, 6.07) is 4.56. The van der Waals surface area contributed by atoms with Crippen LogP contribution in [-0.4, -0.2) is 52.5 Å². The number of allylic oxidation sites excluding steroid dienone is 1. The van der Waals surface area contributed by atoms with Crippen LogP contribution in [0.3, 0.4) is 0 Å². The summed E-state index contributed by atoms with van der Waals surface area (Å²) in [5.74, 6) is 0.290. The van der Waals surface area contributed by atoms with Crippen LogP contribution in [0.15, 0.2) is 53.3 Å². The third-order valence-electron chi connectivity index (χ3n) is 5.19. The number of halogens is 2. The molecule has 0 radical (unpaired) electrons. The molecule has 28 heavy (non-hydrogen) atoms. The van der Waals surface area contributed by atoms with Crippen molar-refractivity contribution in [3.63, 3.8) is 0 Å². The van der Waals surface area contributed by atoms with Crippen molar-refractivity contribution in [1.82, 2.24) is 19.8 Å². The molecule has 0 saturated heterocycles. The van der Waals surface area contributed by atoms with Crippen LogP contribution in [0.1, 0.15) is 19.4 Å². The highest BCUT2D eigenvalue weighted by Crippen LogP contribution is 2.38. The highest BCUT2D eigenvalue weighted by Gasteiger charge is 2.42. The number of likely N-dealkylation sites (N-methyl/N-ethyl adjacent to an activating group) is 1. The first-order chi connectivity index (χ1) is 13.4. The van der Waals surface area contributed by atoms with Crippen LogP contribution < -0.4 is 0 Å². The number of nitrogens with zero attached hydrogens (tertiary/aromatic N) is 4. The molecule has 4 rings (SSSR count). The predicted octanol–water partition coefficient (Wildman–Crippen LogP) is 3.25. The van der Waals surface area contributed by atoms with Gasteiger partial charge in [0.15, 0.2) is 0 Å². The molecule has 0 N–H and O–H groups in total. The average molecular weight is 405 g/mol. The Hall–Kier alpha value is -2.51. The van der Waals surface area contributed by atoms with E-state index in [2.05, 4.69) is 11.8 Å². The molecule has 3 heterocycles. The van der Waals surface area contributed by atoms with Gasteiger partial charge in [-0.15, -0.1) is 0 Å². The Bertz CT molecular complexity index is 907. The van der Waals surface area contributed by atoms with E-state index in [1.54, 1.807) is 35.4 Å². The Morgan fingerprint density at radius 1 is 1.32 bits per heavy atom. The van der Waals surface area contributed by atoms with Crippen LogP contribution in [0.2, 0.25) is 5.02 Å². The normalized spacial score (nSPS) is 19.1. The van der Waals surface area contributed by atoms with Gasteiger partial charge in [0.2, 0.25) is 0 Å². The van der Waals surface area contributed by atoms with E-state index in [0.29, 0.717) is 23.0 Å². The molecular formula is C20H22ClFN4O2. The van der Waals surface area contributed by atoms with Crippen LogP contribution in [0.25, 0.3) is 0 Å². The van der Waals surface area contributed by atoms with E-state index in [1.165, 1.54) is 6.07 Å². The van der Waals surface area contributed by atoms with Gasteiger partial charge in [-0.05, 0) is 32.1 Å². The smallest absolute Gasteiger partial charge is 0.277 e. The van der Waals surface area contributed by atoms with E-state index < -0.39 is 5.82 Å². The van der Waals surface area contributed by atoms with Crippen molar-refractivity contribution in [2.45, 2.75) is 20.4 Å². The fraction of sp³-hybridized carbons (Fsp3) is 0.350. The molecule has 0 aliphatic carbocycles. The number of carbonyl (C=O) groups is 1. The minimum atomic E-state index is -0.423. The van der Waals surface area contributed by atoms with E-state index in [1.807, 2.05) is 17.9 Å². The van der Waals surface area contributed by atoms with Gasteiger partial charge in [0.05, 0.1) is 25.6 Å². The van der Waals surface area contributed by atoms with Crippen LogP contribution in [-0.2, 0) is 16.2 Å². The summed E-state index contributed by atoms with van der Waals surface area (Å²) < 4.78 is 14.4. The highest BCUT2D eigenvalue weighted by atomic mass is 35.5. The van der Waals surface area contributed by atoms with E-state index in [9.17, 15) is 9.18 Å². The number of amides is 1.